The number of allylic oxidation sites excluding steroid dienone is 1. The molecule has 42 heavy (non-hydrogen) atoms. The summed E-state index contributed by atoms with van der Waals surface area (Å²) in [4.78, 5) is 21.1. The highest BCUT2D eigenvalue weighted by Crippen LogP contribution is 2.42. The molecule has 2 aromatic rings. The highest BCUT2D eigenvalue weighted by Gasteiger charge is 2.39. The summed E-state index contributed by atoms with van der Waals surface area (Å²) in [5, 5.41) is 8.98. The van der Waals surface area contributed by atoms with Gasteiger partial charge in [0.1, 0.15) is 23.8 Å². The minimum Gasteiger partial charge on any atom is -0.462 e. The Hall–Kier alpha value is -3.37. The zero-order chi connectivity index (χ0) is 30.0. The molecule has 3 aliphatic heterocycles. The normalized spacial score (nSPS) is 21.9. The van der Waals surface area contributed by atoms with E-state index >= 15 is 0 Å². The number of nitrogens with zero attached hydrogens (tertiary/aromatic N) is 8. The van der Waals surface area contributed by atoms with E-state index in [1.165, 1.54) is 19.3 Å². The third kappa shape index (κ3) is 6.49. The molecule has 0 unspecified atom stereocenters. The number of likely N-dealkylation sites (N-methyl/N-ethyl adjacent to an activating group) is 1. The van der Waals surface area contributed by atoms with Crippen molar-refractivity contribution in [3.8, 4) is 12.1 Å². The monoisotopic (exact) mass is 608 g/mol. The minimum atomic E-state index is -4.66. The van der Waals surface area contributed by atoms with Crippen molar-refractivity contribution in [3.63, 3.8) is 0 Å². The average Bonchev–Trinajstić information content (AvgIpc) is 3.35. The van der Waals surface area contributed by atoms with Gasteiger partial charge in [0.05, 0.1) is 47.7 Å². The van der Waals surface area contributed by atoms with Crippen LogP contribution in [0.25, 0.3) is 0 Å². The van der Waals surface area contributed by atoms with E-state index in [4.69, 9.17) is 21.3 Å². The van der Waals surface area contributed by atoms with Crippen LogP contribution < -0.4 is 14.5 Å². The van der Waals surface area contributed by atoms with E-state index in [2.05, 4.69) is 20.9 Å². The number of hydrogen-bond acceptors (Lipinski definition) is 9. The molecule has 0 N–H and O–H groups in total. The topological polar surface area (TPSA) is 84.7 Å². The Bertz CT molecular complexity index is 1360. The second kappa shape index (κ2) is 12.5. The molecule has 0 radical (unpaired) electrons. The summed E-state index contributed by atoms with van der Waals surface area (Å²) in [5.41, 5.74) is 0.352. The summed E-state index contributed by atoms with van der Waals surface area (Å²) in [5.74, 6) is 0.297. The molecule has 0 aliphatic carbocycles. The Morgan fingerprint density at radius 1 is 1.17 bits per heavy atom. The Kier molecular flexibility index (Phi) is 8.94. The maximum Gasteiger partial charge on any atom is 0.419 e. The lowest BCUT2D eigenvalue weighted by Gasteiger charge is -2.42. The Balaban J connectivity index is 1.48. The molecule has 0 amide bonds. The first-order valence-electron chi connectivity index (χ1n) is 13.9. The van der Waals surface area contributed by atoms with Crippen molar-refractivity contribution in [1.29, 1.82) is 5.26 Å². The lowest BCUT2D eigenvalue weighted by molar-refractivity contribution is -0.137. The van der Waals surface area contributed by atoms with Crippen molar-refractivity contribution in [2.45, 2.75) is 57.4 Å². The van der Waals surface area contributed by atoms with E-state index in [9.17, 15) is 22.8 Å². The average molecular weight is 609 g/mol. The number of hydrogen-bond donors (Lipinski definition) is 0. The predicted octanol–water partition coefficient (Wildman–Crippen LogP) is 4.81. The maximum atomic E-state index is 14.0. The lowest BCUT2D eigenvalue weighted by Crippen LogP contribution is -2.51. The summed E-state index contributed by atoms with van der Waals surface area (Å²) in [7, 11) is 2.04. The largest absolute Gasteiger partial charge is 0.462 e. The van der Waals surface area contributed by atoms with Crippen molar-refractivity contribution in [2.75, 3.05) is 56.2 Å². The van der Waals surface area contributed by atoms with Gasteiger partial charge in [0.15, 0.2) is 0 Å². The van der Waals surface area contributed by atoms with Crippen molar-refractivity contribution in [2.24, 2.45) is 0 Å². The number of nitriles is 1. The van der Waals surface area contributed by atoms with Gasteiger partial charge < -0.3 is 24.3 Å². The number of aromatic nitrogens is 3. The molecule has 2 fully saturated rings. The summed E-state index contributed by atoms with van der Waals surface area (Å²) in [6.07, 6.45) is 1.59. The molecule has 14 heteroatoms. The number of rotatable bonds is 7. The fraction of sp³-hybridized carbons (Fsp3) is 0.571. The van der Waals surface area contributed by atoms with Gasteiger partial charge in [-0.2, -0.15) is 28.4 Å². The number of likely N-dealkylation sites (tertiary alicyclic amines) is 1. The summed E-state index contributed by atoms with van der Waals surface area (Å²) >= 11 is 5.96. The fourth-order valence-corrected chi connectivity index (χ4v) is 6.23. The highest BCUT2D eigenvalue weighted by molar-refractivity contribution is 6.31. The zero-order valence-electron chi connectivity index (χ0n) is 23.5. The summed E-state index contributed by atoms with van der Waals surface area (Å²) in [6.45, 7) is 4.50. The van der Waals surface area contributed by atoms with Crippen LogP contribution in [0.5, 0.6) is 6.01 Å². The number of halogens is 5. The van der Waals surface area contributed by atoms with E-state index in [1.807, 2.05) is 16.8 Å². The van der Waals surface area contributed by atoms with Crippen molar-refractivity contribution >= 4 is 23.1 Å². The Morgan fingerprint density at radius 2 is 1.98 bits per heavy atom. The second-order valence-electron chi connectivity index (χ2n) is 10.9. The number of ether oxygens (including phenoxy) is 1. The second-order valence-corrected chi connectivity index (χ2v) is 11.4. The number of fused-ring (bicyclic) bond motifs is 1. The molecule has 2 saturated heterocycles. The van der Waals surface area contributed by atoms with Gasteiger partial charge in [-0.05, 0) is 39.8 Å². The molecular formula is C28H33ClF4N8O. The van der Waals surface area contributed by atoms with Gasteiger partial charge in [0.2, 0.25) is 0 Å². The van der Waals surface area contributed by atoms with Crippen molar-refractivity contribution in [3.05, 3.63) is 46.3 Å². The van der Waals surface area contributed by atoms with Gasteiger partial charge >= 0.3 is 12.2 Å². The van der Waals surface area contributed by atoms with E-state index in [-0.39, 0.29) is 49.1 Å². The molecule has 5 heterocycles. The minimum absolute atomic E-state index is 0.0843. The van der Waals surface area contributed by atoms with Crippen LogP contribution in [0.4, 0.5) is 29.1 Å². The fourth-order valence-electron chi connectivity index (χ4n) is 5.97. The van der Waals surface area contributed by atoms with E-state index in [1.54, 1.807) is 4.90 Å². The molecule has 9 nitrogen and oxygen atoms in total. The van der Waals surface area contributed by atoms with Gasteiger partial charge in [0, 0.05) is 50.2 Å². The van der Waals surface area contributed by atoms with Gasteiger partial charge in [0.25, 0.3) is 0 Å². The molecule has 0 saturated carbocycles. The molecule has 2 atom stereocenters. The summed E-state index contributed by atoms with van der Waals surface area (Å²) < 4.78 is 61.8. The van der Waals surface area contributed by atoms with Crippen LogP contribution >= 0.6 is 11.6 Å². The van der Waals surface area contributed by atoms with Crippen LogP contribution in [-0.4, -0.2) is 83.2 Å². The molecular weight excluding hydrogens is 576 g/mol. The molecule has 0 spiro atoms. The van der Waals surface area contributed by atoms with Crippen molar-refractivity contribution in [1.82, 2.24) is 24.8 Å². The predicted molar refractivity (Wildman–Crippen MR) is 150 cm³/mol. The highest BCUT2D eigenvalue weighted by atomic mass is 35.5. The maximum absolute atomic E-state index is 14.0. The number of alkyl halides is 3. The Labute approximate surface area is 247 Å². The molecule has 226 valence electrons. The van der Waals surface area contributed by atoms with Gasteiger partial charge in [-0.15, -0.1) is 0 Å². The quantitative estimate of drug-likeness (QED) is 0.411. The van der Waals surface area contributed by atoms with Crippen LogP contribution in [0, 0.1) is 11.3 Å². The smallest absolute Gasteiger partial charge is 0.419 e. The number of anilines is 2. The first kappa shape index (κ1) is 30.1. The van der Waals surface area contributed by atoms with Crippen LogP contribution in [-0.2, 0) is 19.1 Å². The van der Waals surface area contributed by atoms with Gasteiger partial charge in [-0.25, -0.2) is 4.39 Å². The Morgan fingerprint density at radius 3 is 2.67 bits per heavy atom. The molecule has 5 rings (SSSR count). The van der Waals surface area contributed by atoms with Gasteiger partial charge in [-0.1, -0.05) is 11.6 Å². The van der Waals surface area contributed by atoms with Crippen LogP contribution in [0.15, 0.2) is 24.4 Å². The van der Waals surface area contributed by atoms with E-state index < -0.39 is 16.8 Å². The number of pyridine rings is 1. The standard InChI is InChI=1S/C28H33ClF4N8O/c1-18(30)14-39-10-11-41(15-19(39)5-7-34)26-21-6-9-40(24-13-35-12-22(29)25(24)28(31,32)33)16-23(21)36-27(37-26)42-17-20-4-3-8-38(20)2/h12-14,19-20H,3-6,8-11,15-17H2,1-2H3/t19-,20-/m0/s1. The molecule has 3 aliphatic rings. The van der Waals surface area contributed by atoms with Crippen LogP contribution in [0.2, 0.25) is 5.02 Å². The lowest BCUT2D eigenvalue weighted by atomic mass is 10.0. The third-order valence-electron chi connectivity index (χ3n) is 8.10. The first-order valence-corrected chi connectivity index (χ1v) is 14.3. The van der Waals surface area contributed by atoms with Crippen molar-refractivity contribution < 1.29 is 22.3 Å². The number of piperazine rings is 1. The molecule has 0 aromatic carbocycles. The van der Waals surface area contributed by atoms with Crippen LogP contribution in [0.1, 0.15) is 43.0 Å². The first-order chi connectivity index (χ1) is 20.0. The summed E-state index contributed by atoms with van der Waals surface area (Å²) in [6, 6.07) is 2.31. The zero-order valence-corrected chi connectivity index (χ0v) is 24.3. The van der Waals surface area contributed by atoms with E-state index in [0.29, 0.717) is 44.2 Å². The molecule has 2 aromatic heterocycles. The third-order valence-corrected chi connectivity index (χ3v) is 8.39. The SMILES string of the molecule is CC(F)=CN1CCN(c2nc(OC[C@@H]3CCCN3C)nc3c2CCN(c2cncc(Cl)c2C(F)(F)F)C3)C[C@@H]1CC#N. The van der Waals surface area contributed by atoms with Crippen LogP contribution in [0.3, 0.4) is 0 Å². The van der Waals surface area contributed by atoms with E-state index in [0.717, 1.165) is 31.1 Å². The molecule has 0 bridgehead atoms. The van der Waals surface area contributed by atoms with Gasteiger partial charge in [-0.3, -0.25) is 4.98 Å².